The Kier molecular flexibility index (Phi) is 4.69. The summed E-state index contributed by atoms with van der Waals surface area (Å²) in [5, 5.41) is 10.2. The Labute approximate surface area is 104 Å². The molecule has 0 aliphatic rings. The van der Waals surface area contributed by atoms with Crippen LogP contribution in [-0.4, -0.2) is 17.9 Å². The van der Waals surface area contributed by atoms with Crippen LogP contribution in [0.4, 0.5) is 5.69 Å². The second kappa shape index (κ2) is 4.85. The number of hydrogen-bond donors (Lipinski definition) is 1. The van der Waals surface area contributed by atoms with Gasteiger partial charge in [0.1, 0.15) is 0 Å². The molecule has 6 nitrogen and oxygen atoms in total. The summed E-state index contributed by atoms with van der Waals surface area (Å²) in [5.41, 5.74) is -0.229. The van der Waals surface area contributed by atoms with Crippen LogP contribution in [0, 0.1) is 10.1 Å². The van der Waals surface area contributed by atoms with Gasteiger partial charge >= 0.3 is 29.6 Å². The Morgan fingerprint density at radius 1 is 1.29 bits per heavy atom. The maximum atomic E-state index is 10.5. The normalized spacial score (nSPS) is 10.4. The van der Waals surface area contributed by atoms with E-state index in [1.165, 1.54) is 0 Å². The molecule has 0 bridgehead atoms. The number of benzene rings is 1. The largest absolute Gasteiger partial charge is 1.00 e. The molecule has 0 heterocycles. The summed E-state index contributed by atoms with van der Waals surface area (Å²) in [6.45, 7) is 0. The second-order valence-electron chi connectivity index (χ2n) is 2.23. The van der Waals surface area contributed by atoms with E-state index in [1.807, 2.05) is 0 Å². The van der Waals surface area contributed by atoms with Crippen molar-refractivity contribution in [2.45, 2.75) is 4.90 Å². The molecular weight excluding hydrogens is 221 g/mol. The van der Waals surface area contributed by atoms with E-state index in [-0.39, 0.29) is 41.6 Å². The zero-order valence-corrected chi connectivity index (χ0v) is 10.1. The molecule has 1 rings (SSSR count). The van der Waals surface area contributed by atoms with Gasteiger partial charge in [0.15, 0.2) is 0 Å². The molecule has 0 spiro atoms. The number of non-ortho nitro benzene ring substituents is 1. The Morgan fingerprint density at radius 3 is 2.00 bits per heavy atom. The molecule has 0 aliphatic carbocycles. The molecule has 0 fully saturated rings. The zero-order chi connectivity index (χ0) is 10.1. The van der Waals surface area contributed by atoms with Gasteiger partial charge < -0.3 is 1.43 Å². The molecule has 0 aliphatic heterocycles. The van der Waals surface area contributed by atoms with Crippen molar-refractivity contribution >= 4 is 15.8 Å². The maximum Gasteiger partial charge on any atom is 1.00 e. The van der Waals surface area contributed by atoms with Crippen LogP contribution in [0.5, 0.6) is 0 Å². The average molecular weight is 227 g/mol. The Bertz CT molecular complexity index is 431. The molecule has 14 heavy (non-hydrogen) atoms. The van der Waals surface area contributed by atoms with Gasteiger partial charge in [0.25, 0.3) is 15.8 Å². The molecular formula is C6H6NNaO5S. The van der Waals surface area contributed by atoms with Crippen LogP contribution in [0.25, 0.3) is 0 Å². The predicted octanol–water partition coefficient (Wildman–Crippen LogP) is -2.04. The van der Waals surface area contributed by atoms with E-state index in [2.05, 4.69) is 0 Å². The monoisotopic (exact) mass is 227 g/mol. The van der Waals surface area contributed by atoms with Crippen molar-refractivity contribution in [2.24, 2.45) is 0 Å². The van der Waals surface area contributed by atoms with Crippen molar-refractivity contribution in [2.75, 3.05) is 0 Å². The Hall–Kier alpha value is -0.470. The van der Waals surface area contributed by atoms with Crippen molar-refractivity contribution in [1.29, 1.82) is 0 Å². The van der Waals surface area contributed by atoms with E-state index in [9.17, 15) is 18.5 Å². The topological polar surface area (TPSA) is 97.5 Å². The van der Waals surface area contributed by atoms with Crippen LogP contribution >= 0.6 is 0 Å². The van der Waals surface area contributed by atoms with Crippen LogP contribution in [0.1, 0.15) is 1.43 Å². The van der Waals surface area contributed by atoms with Gasteiger partial charge in [0, 0.05) is 12.1 Å². The van der Waals surface area contributed by atoms with Crippen LogP contribution in [0.3, 0.4) is 0 Å². The fourth-order valence-electron chi connectivity index (χ4n) is 0.740. The van der Waals surface area contributed by atoms with Crippen molar-refractivity contribution in [1.82, 2.24) is 0 Å². The van der Waals surface area contributed by atoms with Gasteiger partial charge in [-0.3, -0.25) is 14.7 Å². The van der Waals surface area contributed by atoms with Crippen molar-refractivity contribution < 1.29 is 48.9 Å². The van der Waals surface area contributed by atoms with E-state index >= 15 is 0 Å². The SMILES string of the molecule is O=[N+]([O-])c1ccc(S(=O)(=O)O)cc1.[H-].[Na+]. The van der Waals surface area contributed by atoms with E-state index in [4.69, 9.17) is 4.55 Å². The number of nitro benzene ring substituents is 1. The average Bonchev–Trinajstić information content (AvgIpc) is 2.03. The van der Waals surface area contributed by atoms with Gasteiger partial charge in [-0.1, -0.05) is 0 Å². The first-order chi connectivity index (χ1) is 5.91. The Balaban J connectivity index is 0. The minimum absolute atomic E-state index is 0. The third-order valence-electron chi connectivity index (χ3n) is 1.35. The van der Waals surface area contributed by atoms with E-state index in [1.54, 1.807) is 0 Å². The van der Waals surface area contributed by atoms with Crippen LogP contribution < -0.4 is 29.6 Å². The van der Waals surface area contributed by atoms with Crippen LogP contribution in [-0.2, 0) is 10.1 Å². The molecule has 8 heteroatoms. The minimum Gasteiger partial charge on any atom is -1.00 e. The van der Waals surface area contributed by atoms with Crippen molar-refractivity contribution in [3.8, 4) is 0 Å². The molecule has 0 radical (unpaired) electrons. The zero-order valence-electron chi connectivity index (χ0n) is 8.25. The second-order valence-corrected chi connectivity index (χ2v) is 3.65. The fraction of sp³-hybridized carbons (Fsp3) is 0. The van der Waals surface area contributed by atoms with Gasteiger partial charge in [-0.05, 0) is 12.1 Å². The molecule has 0 aromatic heterocycles. The van der Waals surface area contributed by atoms with E-state index in [0.29, 0.717) is 0 Å². The third kappa shape index (κ3) is 3.35. The number of hydrogen-bond acceptors (Lipinski definition) is 4. The maximum absolute atomic E-state index is 10.5. The molecule has 1 aromatic carbocycles. The molecule has 0 saturated carbocycles. The molecule has 72 valence electrons. The van der Waals surface area contributed by atoms with Gasteiger partial charge in [-0.15, -0.1) is 0 Å². The van der Waals surface area contributed by atoms with Gasteiger partial charge in [-0.2, -0.15) is 8.42 Å². The van der Waals surface area contributed by atoms with E-state index < -0.39 is 15.0 Å². The van der Waals surface area contributed by atoms with E-state index in [0.717, 1.165) is 24.3 Å². The smallest absolute Gasteiger partial charge is 1.00 e. The summed E-state index contributed by atoms with van der Waals surface area (Å²) in [7, 11) is -4.27. The summed E-state index contributed by atoms with van der Waals surface area (Å²) >= 11 is 0. The fourth-order valence-corrected chi connectivity index (χ4v) is 1.22. The van der Waals surface area contributed by atoms with Gasteiger partial charge in [0.05, 0.1) is 9.82 Å². The third-order valence-corrected chi connectivity index (χ3v) is 2.21. The quantitative estimate of drug-likeness (QED) is 0.271. The van der Waals surface area contributed by atoms with Gasteiger partial charge in [0.2, 0.25) is 0 Å². The molecule has 0 saturated heterocycles. The molecule has 0 atom stereocenters. The number of nitro groups is 1. The summed E-state index contributed by atoms with van der Waals surface area (Å²) in [5.74, 6) is 0. The first-order valence-corrected chi connectivity index (χ1v) is 4.57. The van der Waals surface area contributed by atoms with Crippen molar-refractivity contribution in [3.05, 3.63) is 34.4 Å². The predicted molar refractivity (Wildman–Crippen MR) is 44.0 cm³/mol. The summed E-state index contributed by atoms with van der Waals surface area (Å²) < 4.78 is 29.5. The standard InChI is InChI=1S/C6H5NO5S.Na.H/c8-7(9)5-1-3-6(4-2-5)13(10,11)12;;/h1-4H,(H,10,11,12);;/q;+1;-1. The molecule has 0 amide bonds. The Morgan fingerprint density at radius 2 is 1.71 bits per heavy atom. The van der Waals surface area contributed by atoms with Crippen LogP contribution in [0.2, 0.25) is 0 Å². The summed E-state index contributed by atoms with van der Waals surface area (Å²) in [6, 6.07) is 3.94. The first kappa shape index (κ1) is 13.5. The molecule has 0 unspecified atom stereocenters. The first-order valence-electron chi connectivity index (χ1n) is 3.13. The van der Waals surface area contributed by atoms with Crippen molar-refractivity contribution in [3.63, 3.8) is 0 Å². The number of nitrogens with zero attached hydrogens (tertiary/aromatic N) is 1. The summed E-state index contributed by atoms with van der Waals surface area (Å²) in [6.07, 6.45) is 0. The number of rotatable bonds is 2. The molecule has 1 N–H and O–H groups in total. The minimum atomic E-state index is -4.27. The summed E-state index contributed by atoms with van der Waals surface area (Å²) in [4.78, 5) is 9.13. The van der Waals surface area contributed by atoms with Crippen LogP contribution in [0.15, 0.2) is 29.2 Å². The van der Waals surface area contributed by atoms with Gasteiger partial charge in [-0.25, -0.2) is 0 Å². The molecule has 1 aromatic rings.